The lowest BCUT2D eigenvalue weighted by Gasteiger charge is -2.33. The quantitative estimate of drug-likeness (QED) is 0.848. The molecule has 0 aromatic heterocycles. The van der Waals surface area contributed by atoms with Crippen molar-refractivity contribution >= 4 is 27.9 Å². The van der Waals surface area contributed by atoms with Crippen LogP contribution in [0.5, 0.6) is 5.75 Å². The van der Waals surface area contributed by atoms with Crippen molar-refractivity contribution in [2.75, 3.05) is 34.3 Å². The molecule has 1 aliphatic rings. The van der Waals surface area contributed by atoms with Gasteiger partial charge in [0.2, 0.25) is 5.91 Å². The number of likely N-dealkylation sites (tertiary alicyclic amines) is 1. The standard InChI is InChI=1S/C17H24BrN3O3/c1-20(2)17(23)21-8-6-13(7-9-21)16(22)19-11-12-4-5-15(24-3)14(18)10-12/h4-5,10,13H,6-9,11H2,1-3H3,(H,19,22). The van der Waals surface area contributed by atoms with Crippen molar-refractivity contribution in [1.29, 1.82) is 0 Å². The molecule has 1 fully saturated rings. The number of hydrogen-bond acceptors (Lipinski definition) is 3. The van der Waals surface area contributed by atoms with Crippen LogP contribution in [-0.4, -0.2) is 56.0 Å². The fourth-order valence-corrected chi connectivity index (χ4v) is 3.36. The summed E-state index contributed by atoms with van der Waals surface area (Å²) in [4.78, 5) is 27.6. The topological polar surface area (TPSA) is 61.9 Å². The molecule has 2 rings (SSSR count). The zero-order valence-corrected chi connectivity index (χ0v) is 15.9. The summed E-state index contributed by atoms with van der Waals surface area (Å²) in [6.45, 7) is 1.74. The first kappa shape index (κ1) is 18.6. The Labute approximate surface area is 151 Å². The molecular weight excluding hydrogens is 374 g/mol. The predicted octanol–water partition coefficient (Wildman–Crippen LogP) is 2.47. The second kappa shape index (κ2) is 8.37. The third-order valence-corrected chi connectivity index (χ3v) is 4.82. The van der Waals surface area contributed by atoms with Crippen molar-refractivity contribution < 1.29 is 14.3 Å². The highest BCUT2D eigenvalue weighted by molar-refractivity contribution is 9.10. The molecule has 0 bridgehead atoms. The first-order valence-electron chi connectivity index (χ1n) is 7.98. The Morgan fingerprint density at radius 1 is 1.33 bits per heavy atom. The summed E-state index contributed by atoms with van der Waals surface area (Å²) in [7, 11) is 5.11. The zero-order chi connectivity index (χ0) is 17.7. The second-order valence-corrected chi connectivity index (χ2v) is 6.98. The normalized spacial score (nSPS) is 15.1. The van der Waals surface area contributed by atoms with E-state index in [2.05, 4.69) is 21.2 Å². The predicted molar refractivity (Wildman–Crippen MR) is 95.9 cm³/mol. The number of hydrogen-bond donors (Lipinski definition) is 1. The van der Waals surface area contributed by atoms with Crippen molar-refractivity contribution in [2.45, 2.75) is 19.4 Å². The second-order valence-electron chi connectivity index (χ2n) is 6.13. The number of ether oxygens (including phenoxy) is 1. The number of urea groups is 1. The van der Waals surface area contributed by atoms with Crippen LogP contribution < -0.4 is 10.1 Å². The van der Waals surface area contributed by atoms with Crippen molar-refractivity contribution in [3.05, 3.63) is 28.2 Å². The van der Waals surface area contributed by atoms with Gasteiger partial charge in [-0.3, -0.25) is 4.79 Å². The number of benzene rings is 1. The fourth-order valence-electron chi connectivity index (χ4n) is 2.77. The molecule has 24 heavy (non-hydrogen) atoms. The molecule has 0 aliphatic carbocycles. The van der Waals surface area contributed by atoms with Crippen LogP contribution in [0.3, 0.4) is 0 Å². The molecule has 6 nitrogen and oxygen atoms in total. The Morgan fingerprint density at radius 3 is 2.54 bits per heavy atom. The molecule has 0 atom stereocenters. The average Bonchev–Trinajstić information content (AvgIpc) is 2.59. The molecular formula is C17H24BrN3O3. The summed E-state index contributed by atoms with van der Waals surface area (Å²) < 4.78 is 6.06. The van der Waals surface area contributed by atoms with E-state index in [-0.39, 0.29) is 17.9 Å². The van der Waals surface area contributed by atoms with E-state index in [1.165, 1.54) is 0 Å². The summed E-state index contributed by atoms with van der Waals surface area (Å²) in [6.07, 6.45) is 1.41. The van der Waals surface area contributed by atoms with Gasteiger partial charge in [0.05, 0.1) is 11.6 Å². The van der Waals surface area contributed by atoms with Crippen LogP contribution in [0.1, 0.15) is 18.4 Å². The van der Waals surface area contributed by atoms with E-state index in [9.17, 15) is 9.59 Å². The van der Waals surface area contributed by atoms with E-state index in [0.29, 0.717) is 32.5 Å². The van der Waals surface area contributed by atoms with Crippen molar-refractivity contribution in [2.24, 2.45) is 5.92 Å². The number of halogens is 1. The molecule has 1 aromatic rings. The number of amides is 3. The van der Waals surface area contributed by atoms with Gasteiger partial charge in [0.25, 0.3) is 0 Å². The molecule has 0 unspecified atom stereocenters. The summed E-state index contributed by atoms with van der Waals surface area (Å²) in [5.41, 5.74) is 1.01. The van der Waals surface area contributed by atoms with Gasteiger partial charge in [0.15, 0.2) is 0 Å². The first-order valence-corrected chi connectivity index (χ1v) is 8.78. The smallest absolute Gasteiger partial charge is 0.319 e. The average molecular weight is 398 g/mol. The number of piperidine rings is 1. The molecule has 1 saturated heterocycles. The number of methoxy groups -OCH3 is 1. The maximum absolute atomic E-state index is 12.3. The Morgan fingerprint density at radius 2 is 2.00 bits per heavy atom. The molecule has 0 saturated carbocycles. The van der Waals surface area contributed by atoms with Crippen LogP contribution in [0.4, 0.5) is 4.79 Å². The van der Waals surface area contributed by atoms with Crippen LogP contribution in [-0.2, 0) is 11.3 Å². The van der Waals surface area contributed by atoms with Gasteiger partial charge in [0.1, 0.15) is 5.75 Å². The number of carbonyl (C=O) groups is 2. The molecule has 1 aliphatic heterocycles. The SMILES string of the molecule is COc1ccc(CNC(=O)C2CCN(C(=O)N(C)C)CC2)cc1Br. The van der Waals surface area contributed by atoms with Crippen LogP contribution in [0, 0.1) is 5.92 Å². The lowest BCUT2D eigenvalue weighted by molar-refractivity contribution is -0.126. The van der Waals surface area contributed by atoms with Gasteiger partial charge >= 0.3 is 6.03 Å². The van der Waals surface area contributed by atoms with Gasteiger partial charge < -0.3 is 19.9 Å². The lowest BCUT2D eigenvalue weighted by Crippen LogP contribution is -2.46. The van der Waals surface area contributed by atoms with Gasteiger partial charge in [-0.15, -0.1) is 0 Å². The van der Waals surface area contributed by atoms with Crippen LogP contribution >= 0.6 is 15.9 Å². The zero-order valence-electron chi connectivity index (χ0n) is 14.3. The molecule has 3 amide bonds. The first-order chi connectivity index (χ1) is 11.4. The minimum absolute atomic E-state index is 0.0111. The lowest BCUT2D eigenvalue weighted by atomic mass is 9.96. The van der Waals surface area contributed by atoms with E-state index >= 15 is 0 Å². The minimum Gasteiger partial charge on any atom is -0.496 e. The van der Waals surface area contributed by atoms with E-state index in [4.69, 9.17) is 4.74 Å². The fraction of sp³-hybridized carbons (Fsp3) is 0.529. The molecule has 1 heterocycles. The maximum Gasteiger partial charge on any atom is 0.319 e. The van der Waals surface area contributed by atoms with Crippen molar-refractivity contribution in [3.63, 3.8) is 0 Å². The van der Waals surface area contributed by atoms with E-state index in [1.54, 1.807) is 31.0 Å². The highest BCUT2D eigenvalue weighted by Gasteiger charge is 2.27. The highest BCUT2D eigenvalue weighted by atomic mass is 79.9. The number of rotatable bonds is 4. The van der Waals surface area contributed by atoms with Crippen LogP contribution in [0.15, 0.2) is 22.7 Å². The maximum atomic E-state index is 12.3. The monoisotopic (exact) mass is 397 g/mol. The van der Waals surface area contributed by atoms with E-state index < -0.39 is 0 Å². The Balaban J connectivity index is 1.82. The Kier molecular flexibility index (Phi) is 6.48. The summed E-state index contributed by atoms with van der Waals surface area (Å²) in [5.74, 6) is 0.791. The molecule has 1 N–H and O–H groups in total. The summed E-state index contributed by atoms with van der Waals surface area (Å²) >= 11 is 3.44. The molecule has 0 spiro atoms. The van der Waals surface area contributed by atoms with Gasteiger partial charge in [-0.2, -0.15) is 0 Å². The molecule has 1 aromatic carbocycles. The van der Waals surface area contributed by atoms with Crippen molar-refractivity contribution in [3.8, 4) is 5.75 Å². The largest absolute Gasteiger partial charge is 0.496 e. The van der Waals surface area contributed by atoms with E-state index in [1.807, 2.05) is 18.2 Å². The molecule has 132 valence electrons. The van der Waals surface area contributed by atoms with Crippen molar-refractivity contribution in [1.82, 2.24) is 15.1 Å². The van der Waals surface area contributed by atoms with Crippen LogP contribution in [0.25, 0.3) is 0 Å². The van der Waals surface area contributed by atoms with Crippen LogP contribution in [0.2, 0.25) is 0 Å². The van der Waals surface area contributed by atoms with Gasteiger partial charge in [-0.1, -0.05) is 6.07 Å². The van der Waals surface area contributed by atoms with Gasteiger partial charge in [-0.25, -0.2) is 4.79 Å². The van der Waals surface area contributed by atoms with Gasteiger partial charge in [-0.05, 0) is 46.5 Å². The number of nitrogens with one attached hydrogen (secondary N) is 1. The summed E-state index contributed by atoms with van der Waals surface area (Å²) in [5, 5.41) is 2.99. The third-order valence-electron chi connectivity index (χ3n) is 4.20. The number of carbonyl (C=O) groups excluding carboxylic acids is 2. The minimum atomic E-state index is -0.0297. The van der Waals surface area contributed by atoms with E-state index in [0.717, 1.165) is 15.8 Å². The molecule has 0 radical (unpaired) electrons. The molecule has 7 heteroatoms. The Hall–Kier alpha value is -1.76. The summed E-state index contributed by atoms with van der Waals surface area (Å²) in [6, 6.07) is 5.76. The highest BCUT2D eigenvalue weighted by Crippen LogP contribution is 2.25. The number of nitrogens with zero attached hydrogens (tertiary/aromatic N) is 2. The Bertz CT molecular complexity index is 599. The third kappa shape index (κ3) is 4.63. The van der Waals surface area contributed by atoms with Gasteiger partial charge in [0, 0.05) is 39.6 Å².